The first-order chi connectivity index (χ1) is 12.8. The Hall–Kier alpha value is -2.64. The van der Waals surface area contributed by atoms with Gasteiger partial charge in [0.25, 0.3) is 11.8 Å². The van der Waals surface area contributed by atoms with Gasteiger partial charge in [-0.05, 0) is 37.3 Å². The maximum absolute atomic E-state index is 13.1. The molecule has 0 aliphatic heterocycles. The zero-order chi connectivity index (χ0) is 20.0. The molecule has 0 aromatic heterocycles. The van der Waals surface area contributed by atoms with Crippen molar-refractivity contribution in [3.8, 4) is 0 Å². The molecular weight excluding hydrogens is 398 g/mol. The van der Waals surface area contributed by atoms with Gasteiger partial charge in [0, 0.05) is 5.69 Å². The molecule has 142 valence electrons. The number of carbonyl (C=O) groups excluding carboxylic acids is 3. The molecule has 0 heterocycles. The van der Waals surface area contributed by atoms with Crippen molar-refractivity contribution < 1.29 is 23.5 Å². The molecular formula is C18H15Cl2FN2O4. The number of anilines is 1. The molecule has 0 spiro atoms. The van der Waals surface area contributed by atoms with Gasteiger partial charge in [0.15, 0.2) is 6.61 Å². The van der Waals surface area contributed by atoms with Crippen molar-refractivity contribution >= 4 is 46.7 Å². The Morgan fingerprint density at radius 2 is 1.81 bits per heavy atom. The molecule has 0 unspecified atom stereocenters. The van der Waals surface area contributed by atoms with Gasteiger partial charge in [-0.2, -0.15) is 0 Å². The number of halogens is 3. The highest BCUT2D eigenvalue weighted by Gasteiger charge is 2.20. The number of benzene rings is 2. The Morgan fingerprint density at radius 1 is 1.11 bits per heavy atom. The topological polar surface area (TPSA) is 84.5 Å². The molecule has 0 radical (unpaired) electrons. The summed E-state index contributed by atoms with van der Waals surface area (Å²) in [6.07, 6.45) is 0. The zero-order valence-electron chi connectivity index (χ0n) is 14.1. The van der Waals surface area contributed by atoms with Crippen LogP contribution in [0.15, 0.2) is 42.5 Å². The molecule has 9 heteroatoms. The van der Waals surface area contributed by atoms with Gasteiger partial charge in [-0.15, -0.1) is 0 Å². The molecule has 6 nitrogen and oxygen atoms in total. The van der Waals surface area contributed by atoms with E-state index in [2.05, 4.69) is 10.6 Å². The van der Waals surface area contributed by atoms with Crippen LogP contribution in [0.5, 0.6) is 0 Å². The van der Waals surface area contributed by atoms with Gasteiger partial charge in [0.2, 0.25) is 0 Å². The minimum atomic E-state index is -0.998. The van der Waals surface area contributed by atoms with Gasteiger partial charge in [-0.3, -0.25) is 9.59 Å². The van der Waals surface area contributed by atoms with Crippen molar-refractivity contribution in [3.05, 3.63) is 63.9 Å². The van der Waals surface area contributed by atoms with E-state index in [9.17, 15) is 18.8 Å². The van der Waals surface area contributed by atoms with Crippen LogP contribution in [0.25, 0.3) is 0 Å². The molecule has 0 bridgehead atoms. The normalized spacial score (nSPS) is 11.4. The Bertz CT molecular complexity index is 876. The second-order valence-electron chi connectivity index (χ2n) is 5.46. The smallest absolute Gasteiger partial charge is 0.328 e. The summed E-state index contributed by atoms with van der Waals surface area (Å²) in [7, 11) is 0. The van der Waals surface area contributed by atoms with Crippen molar-refractivity contribution in [2.24, 2.45) is 0 Å². The Labute approximate surface area is 164 Å². The maximum Gasteiger partial charge on any atom is 0.328 e. The summed E-state index contributed by atoms with van der Waals surface area (Å²) in [5.74, 6) is -2.61. The first kappa shape index (κ1) is 20.7. The Balaban J connectivity index is 1.83. The van der Waals surface area contributed by atoms with Crippen LogP contribution in [0, 0.1) is 5.82 Å². The SMILES string of the molecule is C[C@H](NC(=O)c1ccccc1Cl)C(=O)OCC(=O)Nc1ccc(F)c(Cl)c1. The van der Waals surface area contributed by atoms with Gasteiger partial charge >= 0.3 is 5.97 Å². The number of esters is 1. The summed E-state index contributed by atoms with van der Waals surface area (Å²) in [4.78, 5) is 35.8. The highest BCUT2D eigenvalue weighted by atomic mass is 35.5. The summed E-state index contributed by atoms with van der Waals surface area (Å²) >= 11 is 11.5. The predicted octanol–water partition coefficient (Wildman–Crippen LogP) is 3.43. The largest absolute Gasteiger partial charge is 0.454 e. The fourth-order valence-electron chi connectivity index (χ4n) is 2.01. The van der Waals surface area contributed by atoms with Crippen LogP contribution in [-0.2, 0) is 14.3 Å². The van der Waals surface area contributed by atoms with Crippen molar-refractivity contribution in [2.45, 2.75) is 13.0 Å². The van der Waals surface area contributed by atoms with Crippen molar-refractivity contribution in [1.29, 1.82) is 0 Å². The second-order valence-corrected chi connectivity index (χ2v) is 6.27. The van der Waals surface area contributed by atoms with Crippen LogP contribution >= 0.6 is 23.2 Å². The third kappa shape index (κ3) is 5.94. The highest BCUT2D eigenvalue weighted by molar-refractivity contribution is 6.33. The molecule has 2 aromatic carbocycles. The van der Waals surface area contributed by atoms with E-state index in [0.717, 1.165) is 6.07 Å². The minimum absolute atomic E-state index is 0.152. The number of hydrogen-bond acceptors (Lipinski definition) is 4. The third-order valence-corrected chi connectivity index (χ3v) is 3.99. The van der Waals surface area contributed by atoms with Crippen LogP contribution in [0.1, 0.15) is 17.3 Å². The molecule has 2 rings (SSSR count). The Kier molecular flexibility index (Phi) is 7.15. The van der Waals surface area contributed by atoms with Gasteiger partial charge in [0.05, 0.1) is 15.6 Å². The summed E-state index contributed by atoms with van der Waals surface area (Å²) < 4.78 is 17.9. The van der Waals surface area contributed by atoms with Gasteiger partial charge < -0.3 is 15.4 Å². The average molecular weight is 413 g/mol. The summed E-state index contributed by atoms with van der Waals surface area (Å²) in [5.41, 5.74) is 0.465. The van der Waals surface area contributed by atoms with E-state index in [0.29, 0.717) is 0 Å². The van der Waals surface area contributed by atoms with E-state index in [1.807, 2.05) is 0 Å². The van der Waals surface area contributed by atoms with E-state index >= 15 is 0 Å². The molecule has 0 fully saturated rings. The van der Waals surface area contributed by atoms with Crippen LogP contribution < -0.4 is 10.6 Å². The summed E-state index contributed by atoms with van der Waals surface area (Å²) in [6, 6.07) is 9.00. The molecule has 0 aliphatic carbocycles. The van der Waals surface area contributed by atoms with Gasteiger partial charge in [-0.25, -0.2) is 9.18 Å². The quantitative estimate of drug-likeness (QED) is 0.711. The minimum Gasteiger partial charge on any atom is -0.454 e. The first-order valence-electron chi connectivity index (χ1n) is 7.75. The molecule has 2 amide bonds. The van der Waals surface area contributed by atoms with Gasteiger partial charge in [-0.1, -0.05) is 35.3 Å². The van der Waals surface area contributed by atoms with Crippen LogP contribution in [-0.4, -0.2) is 30.4 Å². The van der Waals surface area contributed by atoms with E-state index in [1.165, 1.54) is 25.1 Å². The predicted molar refractivity (Wildman–Crippen MR) is 99.4 cm³/mol. The molecule has 0 saturated carbocycles. The molecule has 27 heavy (non-hydrogen) atoms. The summed E-state index contributed by atoms with van der Waals surface area (Å²) in [5, 5.41) is 4.93. The monoisotopic (exact) mass is 412 g/mol. The molecule has 0 aliphatic rings. The van der Waals surface area contributed by atoms with Crippen LogP contribution in [0.4, 0.5) is 10.1 Å². The lowest BCUT2D eigenvalue weighted by Crippen LogP contribution is -2.40. The fourth-order valence-corrected chi connectivity index (χ4v) is 2.41. The average Bonchev–Trinajstić information content (AvgIpc) is 2.63. The lowest BCUT2D eigenvalue weighted by atomic mass is 10.2. The van der Waals surface area contributed by atoms with Crippen molar-refractivity contribution in [2.75, 3.05) is 11.9 Å². The lowest BCUT2D eigenvalue weighted by molar-refractivity contribution is -0.148. The number of carbonyl (C=O) groups is 3. The summed E-state index contributed by atoms with van der Waals surface area (Å²) in [6.45, 7) is 0.828. The maximum atomic E-state index is 13.1. The van der Waals surface area contributed by atoms with Crippen LogP contribution in [0.2, 0.25) is 10.0 Å². The first-order valence-corrected chi connectivity index (χ1v) is 8.50. The molecule has 2 N–H and O–H groups in total. The number of ether oxygens (including phenoxy) is 1. The Morgan fingerprint density at radius 3 is 2.48 bits per heavy atom. The van der Waals surface area contributed by atoms with E-state index in [1.54, 1.807) is 18.2 Å². The van der Waals surface area contributed by atoms with E-state index < -0.39 is 36.2 Å². The van der Waals surface area contributed by atoms with E-state index in [4.69, 9.17) is 27.9 Å². The van der Waals surface area contributed by atoms with E-state index in [-0.39, 0.29) is 21.3 Å². The number of hydrogen-bond donors (Lipinski definition) is 2. The standard InChI is InChI=1S/C18H15Cl2FN2O4/c1-10(22-17(25)12-4-2-3-5-13(12)19)18(26)27-9-16(24)23-11-6-7-15(21)14(20)8-11/h2-8,10H,9H2,1H3,(H,22,25)(H,23,24)/t10-/m0/s1. The lowest BCUT2D eigenvalue weighted by Gasteiger charge is -2.14. The molecule has 2 aromatic rings. The zero-order valence-corrected chi connectivity index (χ0v) is 15.6. The number of nitrogens with one attached hydrogen (secondary N) is 2. The third-order valence-electron chi connectivity index (χ3n) is 3.37. The van der Waals surface area contributed by atoms with Crippen LogP contribution in [0.3, 0.4) is 0 Å². The number of amides is 2. The fraction of sp³-hybridized carbons (Fsp3) is 0.167. The van der Waals surface area contributed by atoms with Crippen molar-refractivity contribution in [1.82, 2.24) is 5.32 Å². The van der Waals surface area contributed by atoms with Crippen molar-refractivity contribution in [3.63, 3.8) is 0 Å². The molecule has 1 atom stereocenters. The van der Waals surface area contributed by atoms with Gasteiger partial charge in [0.1, 0.15) is 11.9 Å². The highest BCUT2D eigenvalue weighted by Crippen LogP contribution is 2.19. The second kappa shape index (κ2) is 9.34. The number of rotatable bonds is 6. The molecule has 0 saturated heterocycles.